The minimum Gasteiger partial charge on any atom is -0.475 e. The van der Waals surface area contributed by atoms with E-state index in [-0.39, 0.29) is 5.54 Å². The molecule has 0 spiro atoms. The SMILES string of the molecule is CN(C)C(C)(C)COc1ncc(CCl)c2ccccc12. The van der Waals surface area contributed by atoms with E-state index in [4.69, 9.17) is 16.3 Å². The van der Waals surface area contributed by atoms with Crippen LogP contribution >= 0.6 is 11.6 Å². The van der Waals surface area contributed by atoms with Gasteiger partial charge in [0.25, 0.3) is 0 Å². The molecule has 3 nitrogen and oxygen atoms in total. The second-order valence-electron chi connectivity index (χ2n) is 5.76. The number of rotatable bonds is 5. The Bertz CT molecular complexity index is 596. The van der Waals surface area contributed by atoms with E-state index >= 15 is 0 Å². The molecule has 20 heavy (non-hydrogen) atoms. The summed E-state index contributed by atoms with van der Waals surface area (Å²) in [5.41, 5.74) is 0.981. The molecule has 2 rings (SSSR count). The zero-order chi connectivity index (χ0) is 14.8. The maximum atomic E-state index is 5.96. The van der Waals surface area contributed by atoms with Crippen molar-refractivity contribution in [2.75, 3.05) is 20.7 Å². The zero-order valence-electron chi connectivity index (χ0n) is 12.5. The maximum Gasteiger partial charge on any atom is 0.221 e. The number of benzene rings is 1. The number of hydrogen-bond acceptors (Lipinski definition) is 3. The average Bonchev–Trinajstić information content (AvgIpc) is 2.44. The normalized spacial score (nSPS) is 12.1. The number of hydrogen-bond donors (Lipinski definition) is 0. The molecule has 0 aliphatic heterocycles. The summed E-state index contributed by atoms with van der Waals surface area (Å²) in [6.07, 6.45) is 1.80. The van der Waals surface area contributed by atoms with Crippen LogP contribution < -0.4 is 4.74 Å². The van der Waals surface area contributed by atoms with Gasteiger partial charge in [-0.15, -0.1) is 11.6 Å². The van der Waals surface area contributed by atoms with Crippen LogP contribution in [0.4, 0.5) is 0 Å². The number of nitrogens with zero attached hydrogens (tertiary/aromatic N) is 2. The predicted octanol–water partition coefficient (Wildman–Crippen LogP) is 3.69. The first-order valence-corrected chi connectivity index (χ1v) is 7.22. The predicted molar refractivity (Wildman–Crippen MR) is 84.6 cm³/mol. The summed E-state index contributed by atoms with van der Waals surface area (Å²) in [4.78, 5) is 6.56. The zero-order valence-corrected chi connectivity index (χ0v) is 13.2. The number of pyridine rings is 1. The molecule has 2 aromatic rings. The van der Waals surface area contributed by atoms with Crippen molar-refractivity contribution in [1.82, 2.24) is 9.88 Å². The molecule has 1 aromatic carbocycles. The van der Waals surface area contributed by atoms with Gasteiger partial charge in [0.05, 0.1) is 0 Å². The van der Waals surface area contributed by atoms with Crippen molar-refractivity contribution in [1.29, 1.82) is 0 Å². The Morgan fingerprint density at radius 2 is 1.85 bits per heavy atom. The number of fused-ring (bicyclic) bond motifs is 1. The Kier molecular flexibility index (Phi) is 4.51. The number of halogens is 1. The molecular weight excluding hydrogens is 272 g/mol. The molecule has 0 N–H and O–H groups in total. The van der Waals surface area contributed by atoms with Crippen LogP contribution in [-0.2, 0) is 5.88 Å². The maximum absolute atomic E-state index is 5.96. The molecule has 1 heterocycles. The van der Waals surface area contributed by atoms with E-state index in [2.05, 4.69) is 29.8 Å². The van der Waals surface area contributed by atoms with E-state index in [1.807, 2.05) is 32.3 Å². The second kappa shape index (κ2) is 5.98. The third-order valence-corrected chi connectivity index (χ3v) is 4.05. The van der Waals surface area contributed by atoms with Gasteiger partial charge in [-0.1, -0.05) is 18.2 Å². The van der Waals surface area contributed by atoms with E-state index in [9.17, 15) is 0 Å². The molecule has 0 aliphatic carbocycles. The molecule has 108 valence electrons. The molecule has 0 saturated heterocycles. The van der Waals surface area contributed by atoms with Crippen LogP contribution in [0.25, 0.3) is 10.8 Å². The van der Waals surface area contributed by atoms with Crippen molar-refractivity contribution in [2.24, 2.45) is 0 Å². The Hall–Kier alpha value is -1.32. The first kappa shape index (κ1) is 15.1. The van der Waals surface area contributed by atoms with Gasteiger partial charge in [-0.3, -0.25) is 0 Å². The fraction of sp³-hybridized carbons (Fsp3) is 0.438. The van der Waals surface area contributed by atoms with E-state index in [1.165, 1.54) is 0 Å². The van der Waals surface area contributed by atoms with Crippen molar-refractivity contribution in [3.8, 4) is 5.88 Å². The molecule has 0 amide bonds. The molecule has 0 saturated carbocycles. The van der Waals surface area contributed by atoms with Gasteiger partial charge in [-0.05, 0) is 45.0 Å². The van der Waals surface area contributed by atoms with E-state index in [1.54, 1.807) is 6.20 Å². The first-order valence-electron chi connectivity index (χ1n) is 6.68. The van der Waals surface area contributed by atoms with E-state index < -0.39 is 0 Å². The molecule has 0 atom stereocenters. The van der Waals surface area contributed by atoms with Gasteiger partial charge in [0, 0.05) is 23.0 Å². The van der Waals surface area contributed by atoms with Gasteiger partial charge in [0.15, 0.2) is 0 Å². The van der Waals surface area contributed by atoms with Gasteiger partial charge < -0.3 is 9.64 Å². The summed E-state index contributed by atoms with van der Waals surface area (Å²) in [5.74, 6) is 1.13. The summed E-state index contributed by atoms with van der Waals surface area (Å²) < 4.78 is 5.95. The van der Waals surface area contributed by atoms with Crippen molar-refractivity contribution in [2.45, 2.75) is 25.3 Å². The van der Waals surface area contributed by atoms with Gasteiger partial charge in [-0.2, -0.15) is 0 Å². The summed E-state index contributed by atoms with van der Waals surface area (Å²) >= 11 is 5.96. The standard InChI is InChI=1S/C16H21ClN2O/c1-16(2,19(3)4)11-20-15-14-8-6-5-7-13(14)12(9-17)10-18-15/h5-8,10H,9,11H2,1-4H3. The van der Waals surface area contributed by atoms with Crippen molar-refractivity contribution in [3.05, 3.63) is 36.0 Å². The summed E-state index contributed by atoms with van der Waals surface area (Å²) in [7, 11) is 4.09. The monoisotopic (exact) mass is 292 g/mol. The van der Waals surface area contributed by atoms with Gasteiger partial charge in [-0.25, -0.2) is 4.98 Å². The van der Waals surface area contributed by atoms with Crippen molar-refractivity contribution >= 4 is 22.4 Å². The van der Waals surface area contributed by atoms with Crippen LogP contribution in [0.5, 0.6) is 5.88 Å². The highest BCUT2D eigenvalue weighted by atomic mass is 35.5. The van der Waals surface area contributed by atoms with Crippen molar-refractivity contribution in [3.63, 3.8) is 0 Å². The van der Waals surface area contributed by atoms with Gasteiger partial charge in [0.1, 0.15) is 6.61 Å². The van der Waals surface area contributed by atoms with E-state index in [0.717, 1.165) is 16.3 Å². The van der Waals surface area contributed by atoms with Crippen LogP contribution in [0.3, 0.4) is 0 Å². The third kappa shape index (κ3) is 3.05. The Balaban J connectivity index is 2.32. The number of alkyl halides is 1. The van der Waals surface area contributed by atoms with Crippen LogP contribution in [-0.4, -0.2) is 36.1 Å². The molecule has 0 aliphatic rings. The lowest BCUT2D eigenvalue weighted by Crippen LogP contribution is -2.43. The highest BCUT2D eigenvalue weighted by Gasteiger charge is 2.22. The summed E-state index contributed by atoms with van der Waals surface area (Å²) in [6.45, 7) is 4.86. The lowest BCUT2D eigenvalue weighted by atomic mass is 10.1. The first-order chi connectivity index (χ1) is 9.45. The van der Waals surface area contributed by atoms with Crippen LogP contribution in [0.2, 0.25) is 0 Å². The lowest BCUT2D eigenvalue weighted by Gasteiger charge is -2.32. The highest BCUT2D eigenvalue weighted by molar-refractivity contribution is 6.18. The Labute approximate surface area is 125 Å². The fourth-order valence-electron chi connectivity index (χ4n) is 1.82. The molecule has 0 fully saturated rings. The van der Waals surface area contributed by atoms with Gasteiger partial charge >= 0.3 is 0 Å². The molecule has 0 unspecified atom stereocenters. The number of ether oxygens (including phenoxy) is 1. The third-order valence-electron chi connectivity index (χ3n) is 3.76. The molecule has 0 bridgehead atoms. The quantitative estimate of drug-likeness (QED) is 0.786. The van der Waals surface area contributed by atoms with Crippen molar-refractivity contribution < 1.29 is 4.74 Å². The summed E-state index contributed by atoms with van der Waals surface area (Å²) in [5, 5.41) is 2.12. The Morgan fingerprint density at radius 3 is 2.45 bits per heavy atom. The summed E-state index contributed by atoms with van der Waals surface area (Å²) in [6, 6.07) is 8.08. The number of aromatic nitrogens is 1. The minimum atomic E-state index is -0.0477. The molecule has 4 heteroatoms. The molecular formula is C16H21ClN2O. The van der Waals surface area contributed by atoms with Crippen LogP contribution in [0.1, 0.15) is 19.4 Å². The fourth-order valence-corrected chi connectivity index (χ4v) is 2.03. The molecule has 1 aromatic heterocycles. The van der Waals surface area contributed by atoms with Gasteiger partial charge in [0.2, 0.25) is 5.88 Å². The Morgan fingerprint density at radius 1 is 1.20 bits per heavy atom. The topological polar surface area (TPSA) is 25.4 Å². The van der Waals surface area contributed by atoms with E-state index in [0.29, 0.717) is 18.4 Å². The smallest absolute Gasteiger partial charge is 0.221 e. The lowest BCUT2D eigenvalue weighted by molar-refractivity contribution is 0.112. The molecule has 0 radical (unpaired) electrons. The highest BCUT2D eigenvalue weighted by Crippen LogP contribution is 2.27. The average molecular weight is 293 g/mol. The largest absolute Gasteiger partial charge is 0.475 e. The number of likely N-dealkylation sites (N-methyl/N-ethyl adjacent to an activating group) is 1. The van der Waals surface area contributed by atoms with Crippen LogP contribution in [0.15, 0.2) is 30.5 Å². The second-order valence-corrected chi connectivity index (χ2v) is 6.03. The van der Waals surface area contributed by atoms with Crippen LogP contribution in [0, 0.1) is 0 Å². The minimum absolute atomic E-state index is 0.0477.